The van der Waals surface area contributed by atoms with E-state index in [1.807, 2.05) is 0 Å². The molecule has 0 radical (unpaired) electrons. The molecule has 0 aliphatic heterocycles. The second-order valence-corrected chi connectivity index (χ2v) is 3.74. The molecule has 5 nitrogen and oxygen atoms in total. The molecule has 2 aromatic rings. The van der Waals surface area contributed by atoms with Crippen LogP contribution in [0.3, 0.4) is 0 Å². The zero-order valence-corrected chi connectivity index (χ0v) is 10.1. The predicted octanol–water partition coefficient (Wildman–Crippen LogP) is 1.32. The van der Waals surface area contributed by atoms with E-state index in [1.165, 1.54) is 25.3 Å². The number of hydrogen-bond donors (Lipinski definition) is 2. The highest BCUT2D eigenvalue weighted by Crippen LogP contribution is 2.25. The van der Waals surface area contributed by atoms with Gasteiger partial charge in [-0.2, -0.15) is 0 Å². The summed E-state index contributed by atoms with van der Waals surface area (Å²) in [6, 6.07) is 5.72. The summed E-state index contributed by atoms with van der Waals surface area (Å²) in [6.45, 7) is 0. The van der Waals surface area contributed by atoms with Gasteiger partial charge >= 0.3 is 0 Å². The molecule has 1 aromatic carbocycles. The summed E-state index contributed by atoms with van der Waals surface area (Å²) in [4.78, 5) is 0. The van der Waals surface area contributed by atoms with Gasteiger partial charge in [0.05, 0.1) is 18.8 Å². The lowest BCUT2D eigenvalue weighted by Gasteiger charge is -2.16. The fourth-order valence-electron chi connectivity index (χ4n) is 1.70. The van der Waals surface area contributed by atoms with Gasteiger partial charge in [0.1, 0.15) is 11.6 Å². The van der Waals surface area contributed by atoms with Crippen LogP contribution in [-0.4, -0.2) is 17.3 Å². The van der Waals surface area contributed by atoms with E-state index in [1.54, 1.807) is 0 Å². The molecule has 0 saturated heterocycles. The summed E-state index contributed by atoms with van der Waals surface area (Å²) in [6.07, 6.45) is 0. The van der Waals surface area contributed by atoms with E-state index in [-0.39, 0.29) is 11.3 Å². The summed E-state index contributed by atoms with van der Waals surface area (Å²) in [5.41, 5.74) is 2.41. The van der Waals surface area contributed by atoms with E-state index in [0.29, 0.717) is 5.88 Å². The van der Waals surface area contributed by atoms with E-state index in [2.05, 4.69) is 15.6 Å². The van der Waals surface area contributed by atoms with Gasteiger partial charge in [0.2, 0.25) is 5.88 Å². The molecular weight excluding hydrogens is 254 g/mol. The molecular formula is C12H12F2N4O. The third-order valence-electron chi connectivity index (χ3n) is 2.62. The van der Waals surface area contributed by atoms with Crippen molar-refractivity contribution in [3.63, 3.8) is 0 Å². The minimum Gasteiger partial charge on any atom is -0.480 e. The van der Waals surface area contributed by atoms with E-state index in [4.69, 9.17) is 10.6 Å². The number of nitrogens with zero attached hydrogens (tertiary/aromatic N) is 2. The third-order valence-corrected chi connectivity index (χ3v) is 2.62. The second-order valence-electron chi connectivity index (χ2n) is 3.74. The van der Waals surface area contributed by atoms with Crippen molar-refractivity contribution in [2.45, 2.75) is 6.04 Å². The normalized spacial score (nSPS) is 12.2. The van der Waals surface area contributed by atoms with Crippen molar-refractivity contribution in [3.8, 4) is 5.88 Å². The standard InChI is InChI=1S/C12H12F2N4O/c1-19-10-6-5-9(17-18-10)12(16-15)11-7(13)3-2-4-8(11)14/h2-6,12,16H,15H2,1H3. The molecule has 0 bridgehead atoms. The minimum atomic E-state index is -0.931. The van der Waals surface area contributed by atoms with Crippen LogP contribution in [-0.2, 0) is 0 Å². The van der Waals surface area contributed by atoms with Crippen molar-refractivity contribution in [2.24, 2.45) is 5.84 Å². The Labute approximate surface area is 108 Å². The molecule has 19 heavy (non-hydrogen) atoms. The number of aromatic nitrogens is 2. The first-order valence-electron chi connectivity index (χ1n) is 5.45. The highest BCUT2D eigenvalue weighted by Gasteiger charge is 2.22. The Bertz CT molecular complexity index is 542. The third kappa shape index (κ3) is 2.67. The second kappa shape index (κ2) is 5.68. The maximum absolute atomic E-state index is 13.7. The van der Waals surface area contributed by atoms with Crippen LogP contribution in [0.15, 0.2) is 30.3 Å². The van der Waals surface area contributed by atoms with Crippen molar-refractivity contribution >= 4 is 0 Å². The van der Waals surface area contributed by atoms with Gasteiger partial charge in [-0.1, -0.05) is 6.07 Å². The predicted molar refractivity (Wildman–Crippen MR) is 64.1 cm³/mol. The van der Waals surface area contributed by atoms with Gasteiger partial charge in [-0.25, -0.2) is 14.2 Å². The van der Waals surface area contributed by atoms with E-state index >= 15 is 0 Å². The fraction of sp³-hybridized carbons (Fsp3) is 0.167. The Balaban J connectivity index is 2.44. The number of benzene rings is 1. The number of nitrogens with two attached hydrogens (primary N) is 1. The summed E-state index contributed by atoms with van der Waals surface area (Å²) in [5, 5.41) is 7.57. The average molecular weight is 266 g/mol. The quantitative estimate of drug-likeness (QED) is 0.645. The van der Waals surface area contributed by atoms with Gasteiger partial charge in [0.25, 0.3) is 0 Å². The Morgan fingerprint density at radius 3 is 2.32 bits per heavy atom. The first-order chi connectivity index (χ1) is 9.17. The molecule has 2 rings (SSSR count). The highest BCUT2D eigenvalue weighted by atomic mass is 19.1. The maximum Gasteiger partial charge on any atom is 0.233 e. The van der Waals surface area contributed by atoms with Gasteiger partial charge in [0.15, 0.2) is 0 Å². The van der Waals surface area contributed by atoms with Crippen LogP contribution in [0.4, 0.5) is 8.78 Å². The fourth-order valence-corrected chi connectivity index (χ4v) is 1.70. The van der Waals surface area contributed by atoms with Crippen LogP contribution < -0.4 is 16.0 Å². The molecule has 0 amide bonds. The number of hydrogen-bond acceptors (Lipinski definition) is 5. The number of halogens is 2. The highest BCUT2D eigenvalue weighted by molar-refractivity contribution is 5.30. The smallest absolute Gasteiger partial charge is 0.233 e. The van der Waals surface area contributed by atoms with Crippen LogP contribution in [0.2, 0.25) is 0 Å². The molecule has 0 aliphatic rings. The van der Waals surface area contributed by atoms with Gasteiger partial charge in [-0.15, -0.1) is 10.2 Å². The van der Waals surface area contributed by atoms with Gasteiger partial charge in [-0.05, 0) is 18.2 Å². The van der Waals surface area contributed by atoms with Crippen LogP contribution in [0.5, 0.6) is 5.88 Å². The average Bonchev–Trinajstić information content (AvgIpc) is 2.43. The molecule has 1 aromatic heterocycles. The SMILES string of the molecule is COc1ccc(C(NN)c2c(F)cccc2F)nn1. The maximum atomic E-state index is 13.7. The largest absolute Gasteiger partial charge is 0.480 e. The van der Waals surface area contributed by atoms with Crippen LogP contribution >= 0.6 is 0 Å². The van der Waals surface area contributed by atoms with Crippen LogP contribution in [0.25, 0.3) is 0 Å². The zero-order valence-electron chi connectivity index (χ0n) is 10.1. The summed E-state index contributed by atoms with van der Waals surface area (Å²) >= 11 is 0. The van der Waals surface area contributed by atoms with Crippen molar-refractivity contribution in [1.29, 1.82) is 0 Å². The molecule has 100 valence electrons. The topological polar surface area (TPSA) is 73.1 Å². The summed E-state index contributed by atoms with van der Waals surface area (Å²) in [7, 11) is 1.44. The first-order valence-corrected chi connectivity index (χ1v) is 5.45. The lowest BCUT2D eigenvalue weighted by atomic mass is 10.0. The number of nitrogens with one attached hydrogen (secondary N) is 1. The van der Waals surface area contributed by atoms with Crippen molar-refractivity contribution in [2.75, 3.05) is 7.11 Å². The summed E-state index contributed by atoms with van der Waals surface area (Å²) in [5.74, 6) is 4.25. The minimum absolute atomic E-state index is 0.204. The molecule has 0 fully saturated rings. The zero-order chi connectivity index (χ0) is 13.8. The van der Waals surface area contributed by atoms with E-state index < -0.39 is 17.7 Å². The first kappa shape index (κ1) is 13.3. The van der Waals surface area contributed by atoms with Crippen LogP contribution in [0, 0.1) is 11.6 Å². The monoisotopic (exact) mass is 266 g/mol. The van der Waals surface area contributed by atoms with E-state index in [0.717, 1.165) is 12.1 Å². The molecule has 1 atom stereocenters. The Morgan fingerprint density at radius 1 is 1.16 bits per heavy atom. The number of rotatable bonds is 4. The number of ether oxygens (including phenoxy) is 1. The molecule has 0 saturated carbocycles. The molecule has 0 spiro atoms. The van der Waals surface area contributed by atoms with Crippen molar-refractivity contribution in [1.82, 2.24) is 15.6 Å². The Morgan fingerprint density at radius 2 is 1.84 bits per heavy atom. The number of hydrazine groups is 1. The summed E-state index contributed by atoms with van der Waals surface area (Å²) < 4.78 is 32.3. The number of methoxy groups -OCH3 is 1. The van der Waals surface area contributed by atoms with Gasteiger partial charge in [-0.3, -0.25) is 5.84 Å². The van der Waals surface area contributed by atoms with E-state index in [9.17, 15) is 8.78 Å². The molecule has 3 N–H and O–H groups in total. The molecule has 7 heteroatoms. The van der Waals surface area contributed by atoms with Gasteiger partial charge < -0.3 is 4.74 Å². The van der Waals surface area contributed by atoms with Crippen molar-refractivity contribution < 1.29 is 13.5 Å². The Kier molecular flexibility index (Phi) is 3.98. The lowest BCUT2D eigenvalue weighted by Crippen LogP contribution is -2.31. The Hall–Kier alpha value is -2.12. The van der Waals surface area contributed by atoms with Gasteiger partial charge in [0, 0.05) is 11.6 Å². The molecule has 0 aliphatic carbocycles. The van der Waals surface area contributed by atoms with Crippen molar-refractivity contribution in [3.05, 3.63) is 53.2 Å². The molecule has 1 unspecified atom stereocenters. The lowest BCUT2D eigenvalue weighted by molar-refractivity contribution is 0.389. The molecule has 1 heterocycles. The van der Waals surface area contributed by atoms with Crippen LogP contribution in [0.1, 0.15) is 17.3 Å².